The average Bonchev–Trinajstić information content (AvgIpc) is 3.18. The highest BCUT2D eigenvalue weighted by molar-refractivity contribution is 7.73. The van der Waals surface area contributed by atoms with Gasteiger partial charge in [0.05, 0.1) is 0 Å². The molecule has 0 nitrogen and oxygen atoms in total. The molecular weight excluding hydrogens is 662 g/mol. The molecule has 0 saturated carbocycles. The smallest absolute Gasteiger partial charge is 0.0368 e. The average molecular weight is 711 g/mol. The summed E-state index contributed by atoms with van der Waals surface area (Å²) in [5.41, 5.74) is 0. The zero-order valence-electron chi connectivity index (χ0n) is 28.6. The van der Waals surface area contributed by atoms with Crippen molar-refractivity contribution < 1.29 is 0 Å². The van der Waals surface area contributed by atoms with Gasteiger partial charge in [0.2, 0.25) is 0 Å². The summed E-state index contributed by atoms with van der Waals surface area (Å²) in [5.74, 6) is 0. The molecular formula is C45H49P3Si. The van der Waals surface area contributed by atoms with Crippen molar-refractivity contribution in [3.8, 4) is 0 Å². The second-order valence-electron chi connectivity index (χ2n) is 12.8. The van der Waals surface area contributed by atoms with E-state index in [1.807, 2.05) is 0 Å². The van der Waals surface area contributed by atoms with Gasteiger partial charge in [0.25, 0.3) is 0 Å². The van der Waals surface area contributed by atoms with Gasteiger partial charge in [-0.05, 0) is 74.1 Å². The molecule has 0 bridgehead atoms. The van der Waals surface area contributed by atoms with Gasteiger partial charge in [-0.3, -0.25) is 0 Å². The van der Waals surface area contributed by atoms with E-state index in [1.165, 1.54) is 87.7 Å². The fraction of sp³-hybridized carbons (Fsp3) is 0.200. The molecule has 0 aromatic heterocycles. The monoisotopic (exact) mass is 710 g/mol. The second kappa shape index (κ2) is 19.9. The van der Waals surface area contributed by atoms with Crippen LogP contribution < -0.4 is 31.8 Å². The molecule has 0 N–H and O–H groups in total. The van der Waals surface area contributed by atoms with Crippen molar-refractivity contribution >= 4 is 64.4 Å². The van der Waals surface area contributed by atoms with E-state index in [2.05, 4.69) is 182 Å². The van der Waals surface area contributed by atoms with E-state index >= 15 is 0 Å². The zero-order chi connectivity index (χ0) is 33.4. The Bertz CT molecular complexity index is 1410. The zero-order valence-corrected chi connectivity index (χ0v) is 32.4. The maximum absolute atomic E-state index is 2.36. The highest BCUT2D eigenvalue weighted by Gasteiger charge is 2.20. The summed E-state index contributed by atoms with van der Waals surface area (Å²) in [4.78, 5) is 0. The first kappa shape index (κ1) is 35.6. The fourth-order valence-electron chi connectivity index (χ4n) is 6.92. The van der Waals surface area contributed by atoms with Crippen molar-refractivity contribution in [2.45, 2.75) is 37.4 Å². The third-order valence-electron chi connectivity index (χ3n) is 9.39. The molecule has 0 amide bonds. The Balaban J connectivity index is 1.15. The van der Waals surface area contributed by atoms with Crippen LogP contribution in [0.3, 0.4) is 0 Å². The van der Waals surface area contributed by atoms with E-state index in [4.69, 9.17) is 0 Å². The summed E-state index contributed by atoms with van der Waals surface area (Å²) in [6.07, 6.45) is 7.96. The second-order valence-corrected chi connectivity index (χ2v) is 23.2. The molecule has 0 aliphatic carbocycles. The lowest BCUT2D eigenvalue weighted by molar-refractivity contribution is 0.967. The minimum atomic E-state index is -0.943. The van der Waals surface area contributed by atoms with Gasteiger partial charge < -0.3 is 0 Å². The van der Waals surface area contributed by atoms with Gasteiger partial charge in [-0.25, -0.2) is 0 Å². The molecule has 0 spiro atoms. The largest absolute Gasteiger partial charge is 0.0622 e. The standard InChI is InChI=1S/C45H49P3Si/c1-7-22-40(23-8-1)46(41-24-9-2-10-25-41)34-19-37-49(38-20-35-47(42-26-11-3-12-27-42)43-28-13-4-14-29-43)39-21-36-48(44-30-15-5-16-31-44)45-32-17-6-18-33-45/h1-18,22-33,49H,19-21,34-39H2. The third-order valence-corrected chi connectivity index (χ3v) is 20.9. The molecule has 0 saturated heterocycles. The topological polar surface area (TPSA) is 0 Å². The molecule has 6 aromatic rings. The van der Waals surface area contributed by atoms with E-state index in [0.717, 1.165) is 0 Å². The maximum atomic E-state index is 2.36. The third kappa shape index (κ3) is 10.9. The van der Waals surface area contributed by atoms with Crippen LogP contribution in [0.4, 0.5) is 0 Å². The molecule has 248 valence electrons. The number of rotatable bonds is 18. The Kier molecular flexibility index (Phi) is 14.5. The van der Waals surface area contributed by atoms with Gasteiger partial charge in [0.15, 0.2) is 0 Å². The van der Waals surface area contributed by atoms with Crippen LogP contribution in [0, 0.1) is 0 Å². The van der Waals surface area contributed by atoms with Crippen LogP contribution in [0.1, 0.15) is 19.3 Å². The molecule has 0 fully saturated rings. The summed E-state index contributed by atoms with van der Waals surface area (Å²) in [6.45, 7) is 0. The number of benzene rings is 6. The number of hydrogen-bond donors (Lipinski definition) is 0. The number of hydrogen-bond acceptors (Lipinski definition) is 0. The molecule has 0 aliphatic heterocycles. The highest BCUT2D eigenvalue weighted by Crippen LogP contribution is 2.38. The van der Waals surface area contributed by atoms with Crippen LogP contribution in [0.15, 0.2) is 182 Å². The lowest BCUT2D eigenvalue weighted by Crippen LogP contribution is -2.19. The maximum Gasteiger partial charge on any atom is 0.0368 e. The predicted molar refractivity (Wildman–Crippen MR) is 227 cm³/mol. The Hall–Kier alpha value is -3.17. The van der Waals surface area contributed by atoms with Crippen molar-refractivity contribution in [2.75, 3.05) is 18.5 Å². The van der Waals surface area contributed by atoms with Crippen molar-refractivity contribution in [1.29, 1.82) is 0 Å². The minimum absolute atomic E-state index is 0.321. The van der Waals surface area contributed by atoms with E-state index in [-0.39, 0.29) is 23.8 Å². The lowest BCUT2D eigenvalue weighted by atomic mass is 10.4. The van der Waals surface area contributed by atoms with Crippen LogP contribution in [0.2, 0.25) is 18.1 Å². The molecule has 6 rings (SSSR count). The van der Waals surface area contributed by atoms with Gasteiger partial charge in [-0.15, -0.1) is 0 Å². The van der Waals surface area contributed by atoms with Crippen molar-refractivity contribution in [3.63, 3.8) is 0 Å². The molecule has 0 radical (unpaired) electrons. The summed E-state index contributed by atoms with van der Waals surface area (Å²) in [6, 6.07) is 72.3. The Morgan fingerprint density at radius 3 is 0.633 bits per heavy atom. The van der Waals surface area contributed by atoms with Crippen molar-refractivity contribution in [1.82, 2.24) is 0 Å². The normalized spacial score (nSPS) is 11.5. The van der Waals surface area contributed by atoms with Crippen LogP contribution in [-0.2, 0) is 0 Å². The molecule has 0 atom stereocenters. The molecule has 0 aliphatic rings. The van der Waals surface area contributed by atoms with Crippen LogP contribution in [0.5, 0.6) is 0 Å². The van der Waals surface area contributed by atoms with Gasteiger partial charge in [-0.1, -0.05) is 219 Å². The molecule has 49 heavy (non-hydrogen) atoms. The predicted octanol–water partition coefficient (Wildman–Crippen LogP) is 9.78. The molecule has 6 aromatic carbocycles. The summed E-state index contributed by atoms with van der Waals surface area (Å²) >= 11 is 0. The Morgan fingerprint density at radius 1 is 0.265 bits per heavy atom. The van der Waals surface area contributed by atoms with Gasteiger partial charge >= 0.3 is 0 Å². The SMILES string of the molecule is c1ccc(P(CCC[SiH](CCCP(c2ccccc2)c2ccccc2)CCCP(c2ccccc2)c2ccccc2)c2ccccc2)cc1. The van der Waals surface area contributed by atoms with Gasteiger partial charge in [0.1, 0.15) is 0 Å². The Labute approximate surface area is 300 Å². The van der Waals surface area contributed by atoms with Crippen LogP contribution in [-0.4, -0.2) is 27.3 Å². The van der Waals surface area contributed by atoms with Crippen LogP contribution in [0.25, 0.3) is 0 Å². The Morgan fingerprint density at radius 2 is 0.449 bits per heavy atom. The van der Waals surface area contributed by atoms with E-state index in [0.29, 0.717) is 0 Å². The first-order valence-corrected chi connectivity index (χ1v) is 25.0. The summed E-state index contributed by atoms with van der Waals surface area (Å²) < 4.78 is 0. The molecule has 0 heterocycles. The molecule has 0 unspecified atom stereocenters. The van der Waals surface area contributed by atoms with Gasteiger partial charge in [-0.2, -0.15) is 0 Å². The van der Waals surface area contributed by atoms with E-state index < -0.39 is 8.80 Å². The fourth-order valence-corrected chi connectivity index (χ4v) is 18.3. The van der Waals surface area contributed by atoms with Crippen molar-refractivity contribution in [3.05, 3.63) is 182 Å². The first-order valence-electron chi connectivity index (χ1n) is 18.0. The minimum Gasteiger partial charge on any atom is -0.0622 e. The summed E-state index contributed by atoms with van der Waals surface area (Å²) in [7, 11) is -1.90. The van der Waals surface area contributed by atoms with Crippen LogP contribution >= 0.6 is 23.8 Å². The van der Waals surface area contributed by atoms with Gasteiger partial charge in [0, 0.05) is 8.80 Å². The van der Waals surface area contributed by atoms with Crippen molar-refractivity contribution in [2.24, 2.45) is 0 Å². The summed E-state index contributed by atoms with van der Waals surface area (Å²) in [5, 5.41) is 9.14. The lowest BCUT2D eigenvalue weighted by Gasteiger charge is -2.23. The first-order chi connectivity index (χ1) is 24.3. The van der Waals surface area contributed by atoms with E-state index in [9.17, 15) is 0 Å². The quantitative estimate of drug-likeness (QED) is 0.0616. The van der Waals surface area contributed by atoms with E-state index in [1.54, 1.807) is 0 Å². The molecule has 4 heteroatoms. The highest BCUT2D eigenvalue weighted by atomic mass is 31.1.